The van der Waals surface area contributed by atoms with Crippen LogP contribution in [0.15, 0.2) is 0 Å². The molecule has 8 heteroatoms. The number of nitrogens with one attached hydrogen (secondary N) is 2. The summed E-state index contributed by atoms with van der Waals surface area (Å²) < 4.78 is 1.66. The van der Waals surface area contributed by atoms with E-state index in [1.165, 1.54) is 11.8 Å². The lowest BCUT2D eigenvalue weighted by atomic mass is 9.98. The average molecular weight is 320 g/mol. The van der Waals surface area contributed by atoms with E-state index in [0.717, 1.165) is 31.8 Å². The molecule has 20 heavy (non-hydrogen) atoms. The molecule has 1 amide bonds. The van der Waals surface area contributed by atoms with Crippen molar-refractivity contribution < 1.29 is 4.79 Å². The van der Waals surface area contributed by atoms with Crippen molar-refractivity contribution in [2.24, 2.45) is 7.05 Å². The molecule has 2 N–H and O–H groups in total. The molecule has 1 aromatic rings. The van der Waals surface area contributed by atoms with Gasteiger partial charge in [0.1, 0.15) is 0 Å². The van der Waals surface area contributed by atoms with Crippen LogP contribution in [0.3, 0.4) is 0 Å². The molecule has 2 heterocycles. The molecule has 1 saturated heterocycles. The van der Waals surface area contributed by atoms with E-state index in [9.17, 15) is 4.79 Å². The minimum Gasteiger partial charge on any atom is -0.317 e. The molecule has 114 valence electrons. The third-order valence-electron chi connectivity index (χ3n) is 3.44. The van der Waals surface area contributed by atoms with Gasteiger partial charge in [-0.05, 0) is 39.1 Å². The highest BCUT2D eigenvalue weighted by Crippen LogP contribution is 2.23. The number of aromatic nitrogens is 3. The number of hydrogen-bond acceptors (Lipinski definition) is 5. The Balaban J connectivity index is 0.00000200. The first-order valence-electron chi connectivity index (χ1n) is 6.57. The normalized spacial score (nSPS) is 17.4. The van der Waals surface area contributed by atoms with Gasteiger partial charge in [0.15, 0.2) is 5.82 Å². The fourth-order valence-electron chi connectivity index (χ4n) is 2.09. The summed E-state index contributed by atoms with van der Waals surface area (Å²) in [7, 11) is 1.82. The van der Waals surface area contributed by atoms with Crippen molar-refractivity contribution in [3.05, 3.63) is 5.82 Å². The highest BCUT2D eigenvalue weighted by molar-refractivity contribution is 7.99. The van der Waals surface area contributed by atoms with E-state index >= 15 is 0 Å². The quantitative estimate of drug-likeness (QED) is 0.877. The molecule has 0 radical (unpaired) electrons. The summed E-state index contributed by atoms with van der Waals surface area (Å²) in [6, 6.07) is 0. The van der Waals surface area contributed by atoms with Crippen LogP contribution in [0.1, 0.15) is 31.5 Å². The Morgan fingerprint density at radius 1 is 1.50 bits per heavy atom. The molecule has 2 rings (SSSR count). The number of hydrogen-bond donors (Lipinski definition) is 2. The van der Waals surface area contributed by atoms with Gasteiger partial charge in [0.05, 0.1) is 5.25 Å². The summed E-state index contributed by atoms with van der Waals surface area (Å²) in [6.07, 6.45) is 4.03. The lowest BCUT2D eigenvalue weighted by molar-refractivity contribution is -0.115. The SMILES string of the molecule is CSC(C)C(=O)Nc1nc(C2CCNCC2)nn1C.Cl. The number of aryl methyl sites for hydroxylation is 1. The largest absolute Gasteiger partial charge is 0.317 e. The number of piperidine rings is 1. The first-order chi connectivity index (χ1) is 9.11. The smallest absolute Gasteiger partial charge is 0.239 e. The molecule has 6 nitrogen and oxygen atoms in total. The van der Waals surface area contributed by atoms with Crippen molar-refractivity contribution in [1.82, 2.24) is 20.1 Å². The maximum Gasteiger partial charge on any atom is 0.239 e. The number of thioether (sulfide) groups is 1. The van der Waals surface area contributed by atoms with Gasteiger partial charge in [-0.25, -0.2) is 4.68 Å². The van der Waals surface area contributed by atoms with Crippen LogP contribution in [0.2, 0.25) is 0 Å². The topological polar surface area (TPSA) is 71.8 Å². The minimum absolute atomic E-state index is 0. The minimum atomic E-state index is -0.0842. The van der Waals surface area contributed by atoms with Gasteiger partial charge in [0.25, 0.3) is 0 Å². The number of carbonyl (C=O) groups is 1. The summed E-state index contributed by atoms with van der Waals surface area (Å²) in [5.41, 5.74) is 0. The van der Waals surface area contributed by atoms with Gasteiger partial charge < -0.3 is 5.32 Å². The maximum absolute atomic E-state index is 11.9. The Labute approximate surface area is 129 Å². The van der Waals surface area contributed by atoms with Crippen molar-refractivity contribution >= 4 is 36.0 Å². The highest BCUT2D eigenvalue weighted by atomic mass is 35.5. The fraction of sp³-hybridized carbons (Fsp3) is 0.750. The number of halogens is 1. The van der Waals surface area contributed by atoms with Crippen LogP contribution in [0, 0.1) is 0 Å². The summed E-state index contributed by atoms with van der Waals surface area (Å²) in [5, 5.41) is 10.5. The Morgan fingerprint density at radius 2 is 2.15 bits per heavy atom. The third-order valence-corrected chi connectivity index (χ3v) is 4.36. The fourth-order valence-corrected chi connectivity index (χ4v) is 2.36. The molecule has 0 saturated carbocycles. The number of amides is 1. The van der Waals surface area contributed by atoms with Crippen LogP contribution in [0.4, 0.5) is 5.95 Å². The molecule has 0 bridgehead atoms. The monoisotopic (exact) mass is 319 g/mol. The number of carbonyl (C=O) groups excluding carboxylic acids is 1. The summed E-state index contributed by atoms with van der Waals surface area (Å²) in [5.74, 6) is 1.76. The Morgan fingerprint density at radius 3 is 2.75 bits per heavy atom. The first-order valence-corrected chi connectivity index (χ1v) is 7.86. The highest BCUT2D eigenvalue weighted by Gasteiger charge is 2.22. The van der Waals surface area contributed by atoms with Crippen LogP contribution >= 0.6 is 24.2 Å². The Kier molecular flexibility index (Phi) is 6.78. The van der Waals surface area contributed by atoms with Gasteiger partial charge in [0, 0.05) is 13.0 Å². The lowest BCUT2D eigenvalue weighted by Crippen LogP contribution is -2.27. The number of nitrogens with zero attached hydrogens (tertiary/aromatic N) is 3. The summed E-state index contributed by atoms with van der Waals surface area (Å²) in [6.45, 7) is 3.90. The molecular weight excluding hydrogens is 298 g/mol. The molecule has 1 atom stereocenters. The zero-order chi connectivity index (χ0) is 13.8. The van der Waals surface area contributed by atoms with Crippen LogP contribution < -0.4 is 10.6 Å². The second kappa shape index (κ2) is 7.85. The van der Waals surface area contributed by atoms with Gasteiger partial charge in [-0.1, -0.05) is 0 Å². The first kappa shape index (κ1) is 17.3. The van der Waals surface area contributed by atoms with E-state index in [2.05, 4.69) is 20.7 Å². The Bertz CT molecular complexity index is 447. The molecule has 1 fully saturated rings. The van der Waals surface area contributed by atoms with Crippen LogP contribution in [-0.4, -0.2) is 45.3 Å². The molecule has 0 aliphatic carbocycles. The van der Waals surface area contributed by atoms with Crippen molar-refractivity contribution in [1.29, 1.82) is 0 Å². The number of anilines is 1. The van der Waals surface area contributed by atoms with Crippen LogP contribution in [0.25, 0.3) is 0 Å². The van der Waals surface area contributed by atoms with Gasteiger partial charge in [0.2, 0.25) is 11.9 Å². The van der Waals surface area contributed by atoms with E-state index < -0.39 is 0 Å². The summed E-state index contributed by atoms with van der Waals surface area (Å²) in [4.78, 5) is 16.3. The standard InChI is InChI=1S/C12H21N5OS.ClH/c1-8(19-3)11(18)15-12-14-10(16-17(12)2)9-4-6-13-7-5-9;/h8-9,13H,4-7H2,1-3H3,(H,14,15,16,18);1H. The number of rotatable bonds is 4. The Hall–Kier alpha value is -0.790. The van der Waals surface area contributed by atoms with Crippen LogP contribution in [-0.2, 0) is 11.8 Å². The predicted octanol–water partition coefficient (Wildman–Crippen LogP) is 1.39. The van der Waals surface area contributed by atoms with E-state index in [1.54, 1.807) is 4.68 Å². The summed E-state index contributed by atoms with van der Waals surface area (Å²) >= 11 is 1.52. The molecule has 1 aliphatic heterocycles. The third kappa shape index (κ3) is 4.10. The van der Waals surface area contributed by atoms with E-state index in [1.807, 2.05) is 20.2 Å². The predicted molar refractivity (Wildman–Crippen MR) is 84.7 cm³/mol. The lowest BCUT2D eigenvalue weighted by Gasteiger charge is -2.19. The van der Waals surface area contributed by atoms with E-state index in [4.69, 9.17) is 0 Å². The maximum atomic E-state index is 11.9. The zero-order valence-corrected chi connectivity index (χ0v) is 13.7. The van der Waals surface area contributed by atoms with Gasteiger partial charge in [-0.2, -0.15) is 21.8 Å². The van der Waals surface area contributed by atoms with Gasteiger partial charge in [-0.15, -0.1) is 12.4 Å². The van der Waals surface area contributed by atoms with E-state index in [-0.39, 0.29) is 23.6 Å². The average Bonchev–Trinajstić information content (AvgIpc) is 2.80. The molecule has 0 spiro atoms. The van der Waals surface area contributed by atoms with Crippen molar-refractivity contribution in [2.75, 3.05) is 24.7 Å². The van der Waals surface area contributed by atoms with Crippen LogP contribution in [0.5, 0.6) is 0 Å². The van der Waals surface area contributed by atoms with E-state index in [0.29, 0.717) is 11.9 Å². The van der Waals surface area contributed by atoms with Crippen molar-refractivity contribution in [2.45, 2.75) is 30.9 Å². The molecule has 0 aromatic carbocycles. The second-order valence-corrected chi connectivity index (χ2v) is 5.99. The van der Waals surface area contributed by atoms with Gasteiger partial charge >= 0.3 is 0 Å². The van der Waals surface area contributed by atoms with Crippen molar-refractivity contribution in [3.8, 4) is 0 Å². The molecule has 1 aliphatic rings. The molecule has 1 aromatic heterocycles. The second-order valence-electron chi connectivity index (χ2n) is 4.81. The zero-order valence-electron chi connectivity index (χ0n) is 12.0. The van der Waals surface area contributed by atoms with Crippen molar-refractivity contribution in [3.63, 3.8) is 0 Å². The molecule has 1 unspecified atom stereocenters. The van der Waals surface area contributed by atoms with Gasteiger partial charge in [-0.3, -0.25) is 10.1 Å². The molecular formula is C12H22ClN5OS.